The fourth-order valence-electron chi connectivity index (χ4n) is 3.30. The van der Waals surface area contributed by atoms with Crippen LogP contribution in [0.25, 0.3) is 11.8 Å². The molecule has 1 fully saturated rings. The van der Waals surface area contributed by atoms with E-state index in [2.05, 4.69) is 34.8 Å². The summed E-state index contributed by atoms with van der Waals surface area (Å²) in [5.74, 6) is 0.696. The monoisotopic (exact) mass is 403 g/mol. The van der Waals surface area contributed by atoms with Crippen molar-refractivity contribution in [2.75, 3.05) is 7.11 Å². The number of carbonyl (C=O) groups is 1. The van der Waals surface area contributed by atoms with Crippen LogP contribution in [0.2, 0.25) is 0 Å². The Bertz CT molecular complexity index is 1110. The summed E-state index contributed by atoms with van der Waals surface area (Å²) in [4.78, 5) is 17.6. The highest BCUT2D eigenvalue weighted by molar-refractivity contribution is 8.18. The Morgan fingerprint density at radius 1 is 1.07 bits per heavy atom. The number of para-hydroxylation sites is 1. The Kier molecular flexibility index (Phi) is 5.27. The first-order valence-electron chi connectivity index (χ1n) is 9.23. The largest absolute Gasteiger partial charge is 0.497 e. The van der Waals surface area contributed by atoms with E-state index in [0.29, 0.717) is 10.1 Å². The maximum absolute atomic E-state index is 12.4. The highest BCUT2D eigenvalue weighted by Crippen LogP contribution is 2.30. The summed E-state index contributed by atoms with van der Waals surface area (Å²) in [7, 11) is 1.66. The molecule has 6 heteroatoms. The van der Waals surface area contributed by atoms with Crippen molar-refractivity contribution in [2.45, 2.75) is 13.8 Å². The molecule has 1 saturated heterocycles. The summed E-state index contributed by atoms with van der Waals surface area (Å²) in [5.41, 5.74) is 5.05. The smallest absolute Gasteiger partial charge is 0.264 e. The van der Waals surface area contributed by atoms with E-state index >= 15 is 0 Å². The van der Waals surface area contributed by atoms with Crippen LogP contribution in [0.5, 0.6) is 5.75 Å². The number of aryl methyl sites for hydroxylation is 1. The molecule has 1 aliphatic rings. The number of aromatic nitrogens is 1. The summed E-state index contributed by atoms with van der Waals surface area (Å²) in [6, 6.07) is 19.6. The van der Waals surface area contributed by atoms with Crippen molar-refractivity contribution < 1.29 is 9.53 Å². The van der Waals surface area contributed by atoms with Crippen LogP contribution in [-0.4, -0.2) is 22.8 Å². The zero-order valence-electron chi connectivity index (χ0n) is 16.5. The lowest BCUT2D eigenvalue weighted by Crippen LogP contribution is -2.19. The standard InChI is InChI=1S/C23H21N3O2S/c1-15-13-17(16(2)26(15)19-9-11-20(28-3)12-10-19)14-21-22(27)25-23(29-21)24-18-7-5-4-6-8-18/h4-14H,1-3H3,(H,24,25,27)/b21-14-. The van der Waals surface area contributed by atoms with E-state index in [1.54, 1.807) is 7.11 Å². The van der Waals surface area contributed by atoms with Gasteiger partial charge in [0, 0.05) is 17.1 Å². The minimum absolute atomic E-state index is 0.126. The molecule has 0 bridgehead atoms. The van der Waals surface area contributed by atoms with Gasteiger partial charge in [-0.1, -0.05) is 18.2 Å². The zero-order valence-corrected chi connectivity index (χ0v) is 17.3. The number of hydrogen-bond acceptors (Lipinski definition) is 4. The lowest BCUT2D eigenvalue weighted by molar-refractivity contribution is -0.115. The molecule has 4 rings (SSSR count). The molecule has 146 valence electrons. The maximum Gasteiger partial charge on any atom is 0.264 e. The molecule has 1 N–H and O–H groups in total. The molecule has 0 unspecified atom stereocenters. The third kappa shape index (κ3) is 3.98. The highest BCUT2D eigenvalue weighted by Gasteiger charge is 2.24. The first kappa shape index (κ1) is 19.1. The predicted octanol–water partition coefficient (Wildman–Crippen LogP) is 4.99. The molecular formula is C23H21N3O2S. The van der Waals surface area contributed by atoms with Crippen LogP contribution in [0.15, 0.2) is 70.6 Å². The van der Waals surface area contributed by atoms with E-state index in [1.165, 1.54) is 11.8 Å². The molecule has 3 aromatic rings. The minimum atomic E-state index is -0.126. The first-order valence-corrected chi connectivity index (χ1v) is 10.0. The second-order valence-corrected chi connectivity index (χ2v) is 7.71. The number of ether oxygens (including phenoxy) is 1. The van der Waals surface area contributed by atoms with E-state index in [-0.39, 0.29) is 5.91 Å². The van der Waals surface area contributed by atoms with Crippen LogP contribution < -0.4 is 10.1 Å². The maximum atomic E-state index is 12.4. The number of hydrogen-bond donors (Lipinski definition) is 1. The number of benzene rings is 2. The van der Waals surface area contributed by atoms with Gasteiger partial charge in [0.05, 0.1) is 17.7 Å². The number of aliphatic imine (C=N–C) groups is 1. The number of thioether (sulfide) groups is 1. The predicted molar refractivity (Wildman–Crippen MR) is 119 cm³/mol. The average molecular weight is 404 g/mol. The number of rotatable bonds is 4. The van der Waals surface area contributed by atoms with Crippen molar-refractivity contribution in [1.82, 2.24) is 9.88 Å². The highest BCUT2D eigenvalue weighted by atomic mass is 32.2. The summed E-state index contributed by atoms with van der Waals surface area (Å²) >= 11 is 1.36. The quantitative estimate of drug-likeness (QED) is 0.624. The first-order chi connectivity index (χ1) is 14.0. The number of nitrogens with zero attached hydrogens (tertiary/aromatic N) is 2. The fourth-order valence-corrected chi connectivity index (χ4v) is 4.14. The van der Waals surface area contributed by atoms with Crippen LogP contribution in [0.3, 0.4) is 0 Å². The van der Waals surface area contributed by atoms with Gasteiger partial charge in [0.25, 0.3) is 5.91 Å². The van der Waals surface area contributed by atoms with E-state index in [4.69, 9.17) is 4.74 Å². The van der Waals surface area contributed by atoms with Crippen molar-refractivity contribution in [3.8, 4) is 11.4 Å². The van der Waals surface area contributed by atoms with E-state index < -0.39 is 0 Å². The van der Waals surface area contributed by atoms with Gasteiger partial charge in [-0.25, -0.2) is 4.99 Å². The molecule has 0 aliphatic carbocycles. The molecule has 0 spiro atoms. The van der Waals surface area contributed by atoms with Gasteiger partial charge in [-0.2, -0.15) is 0 Å². The molecule has 1 aliphatic heterocycles. The van der Waals surface area contributed by atoms with Crippen molar-refractivity contribution in [3.63, 3.8) is 0 Å². The molecule has 2 heterocycles. The van der Waals surface area contributed by atoms with E-state index in [0.717, 1.165) is 34.1 Å². The molecule has 29 heavy (non-hydrogen) atoms. The topological polar surface area (TPSA) is 55.6 Å². The van der Waals surface area contributed by atoms with Crippen LogP contribution in [-0.2, 0) is 4.79 Å². The van der Waals surface area contributed by atoms with E-state index in [9.17, 15) is 4.79 Å². The van der Waals surface area contributed by atoms with Gasteiger partial charge in [-0.05, 0) is 79.7 Å². The van der Waals surface area contributed by atoms with Crippen LogP contribution >= 0.6 is 11.8 Å². The van der Waals surface area contributed by atoms with Crippen LogP contribution in [0.1, 0.15) is 17.0 Å². The Labute approximate surface area is 174 Å². The Hall–Kier alpha value is -3.25. The van der Waals surface area contributed by atoms with Gasteiger partial charge in [0.15, 0.2) is 5.17 Å². The summed E-state index contributed by atoms with van der Waals surface area (Å²) in [5, 5.41) is 3.44. The molecule has 1 amide bonds. The van der Waals surface area contributed by atoms with Gasteiger partial charge >= 0.3 is 0 Å². The summed E-state index contributed by atoms with van der Waals surface area (Å²) in [6.45, 7) is 4.11. The lowest BCUT2D eigenvalue weighted by Gasteiger charge is -2.10. The minimum Gasteiger partial charge on any atom is -0.497 e. The molecule has 2 aromatic carbocycles. The number of nitrogens with one attached hydrogen (secondary N) is 1. The second-order valence-electron chi connectivity index (χ2n) is 6.68. The SMILES string of the molecule is COc1ccc(-n2c(C)cc(/C=C3\SC(=Nc4ccccc4)NC3=O)c2C)cc1. The van der Waals surface area contributed by atoms with Crippen LogP contribution in [0, 0.1) is 13.8 Å². The zero-order chi connectivity index (χ0) is 20.4. The summed E-state index contributed by atoms with van der Waals surface area (Å²) in [6.07, 6.45) is 1.93. The van der Waals surface area contributed by atoms with Crippen LogP contribution in [0.4, 0.5) is 5.69 Å². The Morgan fingerprint density at radius 3 is 2.48 bits per heavy atom. The van der Waals surface area contributed by atoms with Crippen molar-refractivity contribution >= 4 is 34.6 Å². The molecule has 1 aromatic heterocycles. The molecule has 5 nitrogen and oxygen atoms in total. The van der Waals surface area contributed by atoms with Crippen molar-refractivity contribution in [1.29, 1.82) is 0 Å². The Balaban J connectivity index is 1.63. The number of amides is 1. The number of carbonyl (C=O) groups excluding carboxylic acids is 1. The van der Waals surface area contributed by atoms with Gasteiger partial charge in [-0.15, -0.1) is 0 Å². The third-order valence-corrected chi connectivity index (χ3v) is 5.64. The van der Waals surface area contributed by atoms with Crippen molar-refractivity contribution in [3.05, 3.63) is 82.5 Å². The number of amidine groups is 1. The Morgan fingerprint density at radius 2 is 1.79 bits per heavy atom. The van der Waals surface area contributed by atoms with Crippen molar-refractivity contribution in [2.24, 2.45) is 4.99 Å². The third-order valence-electron chi connectivity index (χ3n) is 4.73. The van der Waals surface area contributed by atoms with Gasteiger partial charge in [0.2, 0.25) is 0 Å². The molecule has 0 radical (unpaired) electrons. The van der Waals surface area contributed by atoms with Gasteiger partial charge in [0.1, 0.15) is 5.75 Å². The summed E-state index contributed by atoms with van der Waals surface area (Å²) < 4.78 is 7.42. The fraction of sp³-hybridized carbons (Fsp3) is 0.130. The average Bonchev–Trinajstić information content (AvgIpc) is 3.21. The second kappa shape index (κ2) is 8.01. The van der Waals surface area contributed by atoms with Gasteiger partial charge in [-0.3, -0.25) is 4.79 Å². The number of methoxy groups -OCH3 is 1. The molecule has 0 atom stereocenters. The lowest BCUT2D eigenvalue weighted by atomic mass is 10.2. The molecule has 0 saturated carbocycles. The van der Waals surface area contributed by atoms with E-state index in [1.807, 2.05) is 60.7 Å². The normalized spacial score (nSPS) is 16.4. The molecular weight excluding hydrogens is 382 g/mol. The van der Waals surface area contributed by atoms with Gasteiger partial charge < -0.3 is 14.6 Å².